The third-order valence-corrected chi connectivity index (χ3v) is 4.07. The number of hydrogen-bond donors (Lipinski definition) is 1. The van der Waals surface area contributed by atoms with Crippen molar-refractivity contribution in [2.75, 3.05) is 6.61 Å². The summed E-state index contributed by atoms with van der Waals surface area (Å²) < 4.78 is 5.93. The predicted octanol–water partition coefficient (Wildman–Crippen LogP) is 2.40. The van der Waals surface area contributed by atoms with Crippen molar-refractivity contribution in [3.8, 4) is 0 Å². The van der Waals surface area contributed by atoms with Crippen molar-refractivity contribution in [1.29, 1.82) is 0 Å². The van der Waals surface area contributed by atoms with Crippen molar-refractivity contribution in [2.24, 2.45) is 0 Å². The van der Waals surface area contributed by atoms with Gasteiger partial charge in [0.2, 0.25) is 0 Å². The first-order chi connectivity index (χ1) is 9.17. The van der Waals surface area contributed by atoms with Crippen LogP contribution < -0.4 is 5.32 Å². The minimum absolute atomic E-state index is 0.0779. The Morgan fingerprint density at radius 2 is 2.00 bits per heavy atom. The molecule has 2 aliphatic rings. The predicted molar refractivity (Wildman–Crippen MR) is 70.9 cm³/mol. The highest BCUT2D eigenvalue weighted by Crippen LogP contribution is 2.34. The van der Waals surface area contributed by atoms with Crippen LogP contribution in [0.25, 0.3) is 0 Å². The lowest BCUT2D eigenvalue weighted by atomic mass is 10.1. The zero-order chi connectivity index (χ0) is 13.3. The summed E-state index contributed by atoms with van der Waals surface area (Å²) in [5.41, 5.74) is 1.18. The number of nitro groups is 1. The molecule has 0 unspecified atom stereocenters. The van der Waals surface area contributed by atoms with Crippen LogP contribution >= 0.6 is 0 Å². The van der Waals surface area contributed by atoms with Gasteiger partial charge in [-0.15, -0.1) is 0 Å². The van der Waals surface area contributed by atoms with E-state index >= 15 is 0 Å². The van der Waals surface area contributed by atoms with Crippen LogP contribution in [0, 0.1) is 10.1 Å². The van der Waals surface area contributed by atoms with Gasteiger partial charge in [0, 0.05) is 18.2 Å². The van der Waals surface area contributed by atoms with Gasteiger partial charge in [0.1, 0.15) is 5.72 Å². The van der Waals surface area contributed by atoms with Crippen LogP contribution in [0.3, 0.4) is 0 Å². The van der Waals surface area contributed by atoms with Crippen molar-refractivity contribution < 1.29 is 9.66 Å². The molecule has 102 valence electrons. The van der Waals surface area contributed by atoms with E-state index in [0.717, 1.165) is 31.4 Å². The third-order valence-electron chi connectivity index (χ3n) is 4.07. The zero-order valence-electron chi connectivity index (χ0n) is 10.8. The normalized spacial score (nSPS) is 24.9. The van der Waals surface area contributed by atoms with Gasteiger partial charge in [-0.1, -0.05) is 12.1 Å². The minimum atomic E-state index is -0.367. The molecule has 5 nitrogen and oxygen atoms in total. The smallest absolute Gasteiger partial charge is 0.269 e. The van der Waals surface area contributed by atoms with Gasteiger partial charge in [-0.3, -0.25) is 15.4 Å². The van der Waals surface area contributed by atoms with Gasteiger partial charge in [0.05, 0.1) is 11.5 Å². The molecule has 1 atom stereocenters. The molecule has 1 aliphatic carbocycles. The second kappa shape index (κ2) is 4.90. The van der Waals surface area contributed by atoms with E-state index in [1.165, 1.54) is 12.8 Å². The maximum atomic E-state index is 10.6. The highest BCUT2D eigenvalue weighted by molar-refractivity contribution is 5.33. The summed E-state index contributed by atoms with van der Waals surface area (Å²) in [5, 5.41) is 14.2. The number of nitro benzene ring substituents is 1. The topological polar surface area (TPSA) is 64.4 Å². The Kier molecular flexibility index (Phi) is 3.24. The number of nitrogens with one attached hydrogen (secondary N) is 1. The molecule has 0 aromatic heterocycles. The first kappa shape index (κ1) is 12.6. The Balaban J connectivity index is 1.61. The van der Waals surface area contributed by atoms with E-state index in [1.54, 1.807) is 12.1 Å². The molecule has 2 fully saturated rings. The molecule has 5 heteroatoms. The molecule has 3 rings (SSSR count). The average Bonchev–Trinajstić information content (AvgIpc) is 3.01. The molecular formula is C14H18N2O3. The molecule has 1 aliphatic heterocycles. The number of hydrogen-bond acceptors (Lipinski definition) is 4. The van der Waals surface area contributed by atoms with Crippen molar-refractivity contribution >= 4 is 5.69 Å². The van der Waals surface area contributed by atoms with Crippen LogP contribution in [0.1, 0.15) is 31.2 Å². The summed E-state index contributed by atoms with van der Waals surface area (Å²) in [4.78, 5) is 10.2. The molecule has 1 aromatic rings. The lowest BCUT2D eigenvalue weighted by molar-refractivity contribution is -0.384. The molecule has 1 N–H and O–H groups in total. The van der Waals surface area contributed by atoms with E-state index in [9.17, 15) is 10.1 Å². The van der Waals surface area contributed by atoms with Gasteiger partial charge in [-0.25, -0.2) is 0 Å². The second-order valence-corrected chi connectivity index (χ2v) is 5.48. The largest absolute Gasteiger partial charge is 0.359 e. The summed E-state index contributed by atoms with van der Waals surface area (Å²) in [6.45, 7) is 0.733. The molecule has 1 saturated heterocycles. The fraction of sp³-hybridized carbons (Fsp3) is 0.571. The van der Waals surface area contributed by atoms with Crippen molar-refractivity contribution in [3.05, 3.63) is 39.9 Å². The van der Waals surface area contributed by atoms with Crippen LogP contribution in [-0.2, 0) is 11.2 Å². The maximum absolute atomic E-state index is 10.6. The highest BCUT2D eigenvalue weighted by Gasteiger charge is 2.41. The Bertz CT molecular complexity index is 466. The number of non-ortho nitro benzene ring substituents is 1. The highest BCUT2D eigenvalue weighted by atomic mass is 16.6. The molecule has 1 spiro atoms. The summed E-state index contributed by atoms with van der Waals surface area (Å²) in [5.74, 6) is 0. The van der Waals surface area contributed by atoms with E-state index < -0.39 is 0 Å². The number of benzene rings is 1. The molecule has 0 amide bonds. The molecule has 1 heterocycles. The average molecular weight is 262 g/mol. The lowest BCUT2D eigenvalue weighted by Crippen LogP contribution is -2.42. The molecule has 0 bridgehead atoms. The standard InChI is InChI=1S/C14H18N2O3/c17-16(18)13-5-3-11(4-6-13)9-12-10-19-14(15-12)7-1-2-8-14/h3-6,12,15H,1-2,7-10H2/t12-/m0/s1. The monoisotopic (exact) mass is 262 g/mol. The van der Waals surface area contributed by atoms with Gasteiger partial charge in [0.15, 0.2) is 0 Å². The van der Waals surface area contributed by atoms with Crippen LogP contribution in [-0.4, -0.2) is 23.3 Å². The fourth-order valence-electron chi connectivity index (χ4n) is 3.10. The van der Waals surface area contributed by atoms with Crippen molar-refractivity contribution in [2.45, 2.75) is 43.9 Å². The Morgan fingerprint density at radius 1 is 1.32 bits per heavy atom. The first-order valence-corrected chi connectivity index (χ1v) is 6.82. The minimum Gasteiger partial charge on any atom is -0.359 e. The Labute approximate surface area is 112 Å². The van der Waals surface area contributed by atoms with Crippen LogP contribution in [0.5, 0.6) is 0 Å². The van der Waals surface area contributed by atoms with Gasteiger partial charge in [-0.2, -0.15) is 0 Å². The summed E-state index contributed by atoms with van der Waals surface area (Å²) in [7, 11) is 0. The summed E-state index contributed by atoms with van der Waals surface area (Å²) >= 11 is 0. The number of nitrogens with zero attached hydrogens (tertiary/aromatic N) is 1. The molecule has 0 radical (unpaired) electrons. The SMILES string of the molecule is O=[N+]([O-])c1ccc(C[C@H]2COC3(CCCC3)N2)cc1. The van der Waals surface area contributed by atoms with Crippen LogP contribution in [0.2, 0.25) is 0 Å². The quantitative estimate of drug-likeness (QED) is 0.671. The van der Waals surface area contributed by atoms with Crippen LogP contribution in [0.4, 0.5) is 5.69 Å². The van der Waals surface area contributed by atoms with Gasteiger partial charge in [-0.05, 0) is 37.7 Å². The van der Waals surface area contributed by atoms with E-state index in [0.29, 0.717) is 6.04 Å². The number of ether oxygens (including phenoxy) is 1. The maximum Gasteiger partial charge on any atom is 0.269 e. The molecule has 1 aromatic carbocycles. The van der Waals surface area contributed by atoms with E-state index in [-0.39, 0.29) is 16.3 Å². The second-order valence-electron chi connectivity index (χ2n) is 5.48. The molecule has 1 saturated carbocycles. The van der Waals surface area contributed by atoms with Crippen LogP contribution in [0.15, 0.2) is 24.3 Å². The van der Waals surface area contributed by atoms with Crippen molar-refractivity contribution in [1.82, 2.24) is 5.32 Å². The van der Waals surface area contributed by atoms with Gasteiger partial charge < -0.3 is 4.74 Å². The fourth-order valence-corrected chi connectivity index (χ4v) is 3.10. The first-order valence-electron chi connectivity index (χ1n) is 6.82. The van der Waals surface area contributed by atoms with E-state index in [1.807, 2.05) is 12.1 Å². The van der Waals surface area contributed by atoms with Gasteiger partial charge in [0.25, 0.3) is 5.69 Å². The zero-order valence-corrected chi connectivity index (χ0v) is 10.8. The van der Waals surface area contributed by atoms with Gasteiger partial charge >= 0.3 is 0 Å². The van der Waals surface area contributed by atoms with E-state index in [2.05, 4.69) is 5.32 Å². The van der Waals surface area contributed by atoms with E-state index in [4.69, 9.17) is 4.74 Å². The number of rotatable bonds is 3. The third kappa shape index (κ3) is 2.62. The summed E-state index contributed by atoms with van der Waals surface area (Å²) in [6, 6.07) is 7.12. The van der Waals surface area contributed by atoms with Crippen molar-refractivity contribution in [3.63, 3.8) is 0 Å². The summed E-state index contributed by atoms with van der Waals surface area (Å²) in [6.07, 6.45) is 5.53. The Hall–Kier alpha value is -1.46. The Morgan fingerprint density at radius 3 is 2.63 bits per heavy atom. The molecule has 19 heavy (non-hydrogen) atoms. The lowest BCUT2D eigenvalue weighted by Gasteiger charge is -2.23. The molecular weight excluding hydrogens is 244 g/mol.